The monoisotopic (exact) mass is 1350 g/mol. The second kappa shape index (κ2) is 43.5. The van der Waals surface area contributed by atoms with Crippen molar-refractivity contribution in [2.75, 3.05) is 13.2 Å². The molecule has 0 bridgehead atoms. The molecule has 0 aromatic rings. The van der Waals surface area contributed by atoms with Crippen molar-refractivity contribution in [2.24, 2.45) is 35.5 Å². The van der Waals surface area contributed by atoms with Crippen molar-refractivity contribution in [3.8, 4) is 0 Å². The Labute approximate surface area is 557 Å². The van der Waals surface area contributed by atoms with Gasteiger partial charge in [-0.1, -0.05) is 129 Å². The van der Waals surface area contributed by atoms with Crippen molar-refractivity contribution in [3.63, 3.8) is 0 Å². The van der Waals surface area contributed by atoms with Gasteiger partial charge in [0.1, 0.15) is 72.6 Å². The smallest absolute Gasteiger partial charge is 0.329 e. The lowest BCUT2D eigenvalue weighted by atomic mass is 9.94. The minimum atomic E-state index is -1.97. The largest absolute Gasteiger partial charge is 0.481 e. The number of carboxylic acids is 2. The summed E-state index contributed by atoms with van der Waals surface area (Å²) < 4.78 is 5.82. The van der Waals surface area contributed by atoms with Crippen LogP contribution in [0.1, 0.15) is 193 Å². The summed E-state index contributed by atoms with van der Waals surface area (Å²) in [7, 11) is 0. The Morgan fingerprint density at radius 3 is 1.09 bits per heavy atom. The first-order valence-electron chi connectivity index (χ1n) is 33.3. The van der Waals surface area contributed by atoms with E-state index < -0.39 is 206 Å². The molecule has 0 aliphatic carbocycles. The van der Waals surface area contributed by atoms with Crippen molar-refractivity contribution in [3.05, 3.63) is 0 Å². The molecule has 31 nitrogen and oxygen atoms in total. The van der Waals surface area contributed by atoms with Crippen LogP contribution in [-0.4, -0.2) is 200 Å². The number of hydrogen-bond acceptors (Lipinski definition) is 18. The molecule has 16 N–H and O–H groups in total. The van der Waals surface area contributed by atoms with Crippen molar-refractivity contribution < 1.29 is 97.4 Å². The Kier molecular flexibility index (Phi) is 39.2. The van der Waals surface area contributed by atoms with Crippen LogP contribution >= 0.6 is 0 Å². The number of aliphatic hydroxyl groups excluding tert-OH is 3. The Morgan fingerprint density at radius 2 is 0.705 bits per heavy atom. The maximum atomic E-state index is 14.4. The van der Waals surface area contributed by atoms with Gasteiger partial charge in [0.25, 0.3) is 0 Å². The molecule has 95 heavy (non-hydrogen) atoms. The minimum Gasteiger partial charge on any atom is -0.481 e. The summed E-state index contributed by atoms with van der Waals surface area (Å²) in [5.41, 5.74) is 0. The molecule has 542 valence electrons. The average molecular weight is 1350 g/mol. The van der Waals surface area contributed by atoms with E-state index in [0.29, 0.717) is 12.8 Å². The highest BCUT2D eigenvalue weighted by Gasteiger charge is 2.40. The Balaban J connectivity index is 4.25. The molecular weight excluding hydrogens is 1240 g/mol. The van der Waals surface area contributed by atoms with Crippen LogP contribution in [0.25, 0.3) is 0 Å². The third-order valence-corrected chi connectivity index (χ3v) is 16.0. The van der Waals surface area contributed by atoms with Gasteiger partial charge in [0, 0.05) is 0 Å². The highest BCUT2D eigenvalue weighted by atomic mass is 16.5. The van der Waals surface area contributed by atoms with Gasteiger partial charge in [-0.3, -0.25) is 62.3 Å². The summed E-state index contributed by atoms with van der Waals surface area (Å²) in [5.74, 6) is -18.7. The SMILES string of the molecule is CCCCCCCC1CC(=O)N[C@H](CC(C)C)C(=O)NC(CC(=O)O)C(=O)N[C@H]([C@H](C)O)C(=O)NC(CC(C)C)C(=O)N[C@H](CC(C)C)C(=O)N[C@H](CO)C(=O)NC(CC(C)C)C(=O)N[C@H](CO)C(=O)NC([C@@H](C)CC)C(=O)N[C@@H]([C@@H](C)CC)C(=O)NC(CC(=O)O)C(=O)O1. The fraction of sp³-hybridized carbons (Fsp3) is 0.781. The molecule has 0 saturated carbocycles. The second-order valence-electron chi connectivity index (χ2n) is 26.6. The van der Waals surface area contributed by atoms with Gasteiger partial charge in [0.05, 0.1) is 38.6 Å². The first-order valence-corrected chi connectivity index (χ1v) is 33.3. The Hall–Kier alpha value is -7.54. The van der Waals surface area contributed by atoms with E-state index in [9.17, 15) is 92.7 Å². The van der Waals surface area contributed by atoms with Crippen LogP contribution in [0.4, 0.5) is 0 Å². The minimum absolute atomic E-state index is 0.0322. The van der Waals surface area contributed by atoms with Crippen LogP contribution in [-0.2, 0) is 71.9 Å². The zero-order valence-corrected chi connectivity index (χ0v) is 57.9. The zero-order valence-electron chi connectivity index (χ0n) is 57.9. The van der Waals surface area contributed by atoms with E-state index in [2.05, 4.69) is 58.5 Å². The fourth-order valence-corrected chi connectivity index (χ4v) is 10.3. The molecule has 1 heterocycles. The number of cyclic esters (lactones) is 1. The number of rotatable bonds is 25. The first kappa shape index (κ1) is 85.5. The molecule has 6 unspecified atom stereocenters. The molecule has 0 spiro atoms. The number of ether oxygens (including phenoxy) is 1. The quantitative estimate of drug-likeness (QED) is 0.0408. The molecule has 0 aromatic heterocycles. The number of aliphatic carboxylic acids is 2. The highest BCUT2D eigenvalue weighted by molar-refractivity contribution is 6.00. The Bertz CT molecular complexity index is 2570. The Morgan fingerprint density at radius 1 is 0.400 bits per heavy atom. The van der Waals surface area contributed by atoms with Crippen molar-refractivity contribution >= 4 is 82.9 Å². The van der Waals surface area contributed by atoms with Crippen LogP contribution in [0.15, 0.2) is 0 Å². The van der Waals surface area contributed by atoms with Crippen LogP contribution in [0.5, 0.6) is 0 Å². The van der Waals surface area contributed by atoms with Gasteiger partial charge in [-0.05, 0) is 81.0 Å². The molecule has 1 aliphatic rings. The maximum Gasteiger partial charge on any atom is 0.329 e. The molecule has 1 saturated heterocycles. The van der Waals surface area contributed by atoms with Gasteiger partial charge in [0.2, 0.25) is 65.0 Å². The highest BCUT2D eigenvalue weighted by Crippen LogP contribution is 2.19. The molecular formula is C64H111N11O20. The standard InChI is InChI=1S/C64H111N11O20/c1-15-18-19-20-21-22-39-27-48(79)65-40(23-32(4)5)54(84)68-44(28-49(80)81)58(88)75-53(38(14)78)63(93)69-43(26-35(10)11)55(85)66-41(24-33(6)7)56(86)71-46(30-76)59(89)67-42(25-34(8)9)57(87)72-47(31-77)60(90)73-52(37(13)17-3)62(92)74-51(36(12)16-2)61(91)70-45(29-50(82)83)64(94)95-39/h32-47,51-53,76-78H,15-31H2,1-14H3,(H,65,79)(H,66,85)(H,67,89)(H,68,84)(H,69,93)(H,70,91)(H,71,86)(H,72,87)(H,73,90)(H,74,92)(H,75,88)(H,80,81)(H,82,83)/t36-,37-,38-,39?,40+,41+,42?,43?,44?,45?,46+,47+,51-,52?,53+/m0/s1. The van der Waals surface area contributed by atoms with Crippen molar-refractivity contribution in [1.29, 1.82) is 0 Å². The lowest BCUT2D eigenvalue weighted by molar-refractivity contribution is -0.158. The third kappa shape index (κ3) is 31.7. The summed E-state index contributed by atoms with van der Waals surface area (Å²) in [6.07, 6.45) is -2.22. The molecule has 15 atom stereocenters. The number of hydrogen-bond donors (Lipinski definition) is 16. The van der Waals surface area contributed by atoms with Crippen molar-refractivity contribution in [2.45, 2.75) is 272 Å². The maximum absolute atomic E-state index is 14.4. The predicted molar refractivity (Wildman–Crippen MR) is 346 cm³/mol. The predicted octanol–water partition coefficient (Wildman–Crippen LogP) is -0.413. The lowest BCUT2D eigenvalue weighted by Crippen LogP contribution is -2.62. The van der Waals surface area contributed by atoms with E-state index in [1.54, 1.807) is 83.1 Å². The molecule has 0 radical (unpaired) electrons. The van der Waals surface area contributed by atoms with Gasteiger partial charge in [0.15, 0.2) is 0 Å². The summed E-state index contributed by atoms with van der Waals surface area (Å²) in [6, 6.07) is -18.3. The van der Waals surface area contributed by atoms with Gasteiger partial charge >= 0.3 is 17.9 Å². The normalized spacial score (nSPS) is 26.6. The van der Waals surface area contributed by atoms with Gasteiger partial charge in [-0.25, -0.2) is 4.79 Å². The molecule has 11 amide bonds. The first-order chi connectivity index (χ1) is 44.4. The summed E-state index contributed by atoms with van der Waals surface area (Å²) >= 11 is 0. The topological polar surface area (TPSA) is 482 Å². The molecule has 0 aromatic carbocycles. The number of carbonyl (C=O) groups is 14. The van der Waals surface area contributed by atoms with Crippen LogP contribution in [0.2, 0.25) is 0 Å². The lowest BCUT2D eigenvalue weighted by Gasteiger charge is -2.31. The second-order valence-corrected chi connectivity index (χ2v) is 26.6. The van der Waals surface area contributed by atoms with E-state index in [1.165, 1.54) is 0 Å². The molecule has 1 aliphatic heterocycles. The van der Waals surface area contributed by atoms with E-state index in [1.807, 2.05) is 6.92 Å². The fourth-order valence-electron chi connectivity index (χ4n) is 10.3. The number of nitrogens with one attached hydrogen (secondary N) is 11. The number of aliphatic hydroxyl groups is 3. The van der Waals surface area contributed by atoms with Crippen molar-refractivity contribution in [1.82, 2.24) is 58.5 Å². The van der Waals surface area contributed by atoms with E-state index in [0.717, 1.165) is 26.2 Å². The summed E-state index contributed by atoms with van der Waals surface area (Å²) in [4.78, 5) is 195. The van der Waals surface area contributed by atoms with Gasteiger partial charge < -0.3 is 88.8 Å². The number of carboxylic acid groups (broad SMARTS) is 2. The van der Waals surface area contributed by atoms with Crippen LogP contribution in [0.3, 0.4) is 0 Å². The number of esters is 1. The third-order valence-electron chi connectivity index (χ3n) is 16.0. The van der Waals surface area contributed by atoms with Crippen LogP contribution < -0.4 is 58.5 Å². The molecule has 1 rings (SSSR count). The zero-order chi connectivity index (χ0) is 72.6. The number of carbonyl (C=O) groups excluding carboxylic acids is 12. The van der Waals surface area contributed by atoms with Gasteiger partial charge in [-0.2, -0.15) is 0 Å². The summed E-state index contributed by atoms with van der Waals surface area (Å²) in [5, 5.41) is 78.9. The average Bonchev–Trinajstić information content (AvgIpc) is 0.886. The van der Waals surface area contributed by atoms with E-state index >= 15 is 0 Å². The number of unbranched alkanes of at least 4 members (excludes halogenated alkanes) is 4. The van der Waals surface area contributed by atoms with Crippen LogP contribution in [0, 0.1) is 35.5 Å². The van der Waals surface area contributed by atoms with E-state index in [-0.39, 0.29) is 68.6 Å². The molecule has 1 fully saturated rings. The van der Waals surface area contributed by atoms with Gasteiger partial charge in [-0.15, -0.1) is 0 Å². The number of amides is 11. The summed E-state index contributed by atoms with van der Waals surface area (Å²) in [6.45, 7) is 21.1. The van der Waals surface area contributed by atoms with E-state index in [4.69, 9.17) is 4.74 Å². The molecule has 31 heteroatoms.